The molecule has 11 heteroatoms. The third kappa shape index (κ3) is 5.59. The van der Waals surface area contributed by atoms with Crippen LogP contribution >= 0.6 is 0 Å². The van der Waals surface area contributed by atoms with Crippen LogP contribution in [0.25, 0.3) is 0 Å². The molecule has 0 spiro atoms. The first-order chi connectivity index (χ1) is 12.7. The Bertz CT molecular complexity index is 904. The number of non-ortho nitro benzene ring substituents is 1. The van der Waals surface area contributed by atoms with Crippen LogP contribution < -0.4 is 14.2 Å². The molecule has 0 heterocycles. The van der Waals surface area contributed by atoms with E-state index in [1.54, 1.807) is 0 Å². The normalized spacial score (nSPS) is 11.4. The van der Waals surface area contributed by atoms with Gasteiger partial charge in [0.2, 0.25) is 10.0 Å². The fourth-order valence-corrected chi connectivity index (χ4v) is 3.25. The number of hydrogen-bond acceptors (Lipinski definition) is 6. The topological polar surface area (TPSA) is 108 Å². The van der Waals surface area contributed by atoms with Crippen LogP contribution in [-0.2, 0) is 16.4 Å². The van der Waals surface area contributed by atoms with Gasteiger partial charge < -0.3 is 9.47 Å². The first-order valence-corrected chi connectivity index (χ1v) is 9.07. The summed E-state index contributed by atoms with van der Waals surface area (Å²) in [7, 11) is -2.54. The van der Waals surface area contributed by atoms with Crippen molar-refractivity contribution in [2.45, 2.75) is 17.9 Å². The van der Waals surface area contributed by atoms with E-state index in [0.29, 0.717) is 5.56 Å². The minimum absolute atomic E-state index is 0.0253. The SMILES string of the molecule is COc1cc(CCNS(=O)(=O)c2ccc([N+](=O)[O-])cc2)ccc1OC(F)F. The van der Waals surface area contributed by atoms with Crippen LogP contribution in [0.15, 0.2) is 47.4 Å². The van der Waals surface area contributed by atoms with E-state index in [4.69, 9.17) is 4.74 Å². The van der Waals surface area contributed by atoms with Gasteiger partial charge in [-0.25, -0.2) is 13.1 Å². The van der Waals surface area contributed by atoms with Crippen LogP contribution in [0.1, 0.15) is 5.56 Å². The van der Waals surface area contributed by atoms with E-state index < -0.39 is 21.6 Å². The van der Waals surface area contributed by atoms with Crippen LogP contribution in [0.4, 0.5) is 14.5 Å². The Morgan fingerprint density at radius 1 is 1.15 bits per heavy atom. The maximum atomic E-state index is 12.3. The summed E-state index contributed by atoms with van der Waals surface area (Å²) in [6, 6.07) is 8.77. The maximum absolute atomic E-state index is 12.3. The van der Waals surface area contributed by atoms with Crippen molar-refractivity contribution in [1.82, 2.24) is 4.72 Å². The summed E-state index contributed by atoms with van der Waals surface area (Å²) in [6.07, 6.45) is 0.261. The van der Waals surface area contributed by atoms with Crippen LogP contribution in [-0.4, -0.2) is 33.6 Å². The van der Waals surface area contributed by atoms with E-state index in [-0.39, 0.29) is 35.0 Å². The highest BCUT2D eigenvalue weighted by atomic mass is 32.2. The molecule has 2 aromatic rings. The zero-order valence-electron chi connectivity index (χ0n) is 14.1. The lowest BCUT2D eigenvalue weighted by atomic mass is 10.1. The summed E-state index contributed by atoms with van der Waals surface area (Å²) in [5.41, 5.74) is 0.423. The Hall–Kier alpha value is -2.79. The van der Waals surface area contributed by atoms with Crippen molar-refractivity contribution in [3.63, 3.8) is 0 Å². The third-order valence-electron chi connectivity index (χ3n) is 3.51. The number of ether oxygens (including phenoxy) is 2. The fourth-order valence-electron chi connectivity index (χ4n) is 2.22. The summed E-state index contributed by atoms with van der Waals surface area (Å²) >= 11 is 0. The molecule has 146 valence electrons. The molecule has 0 saturated carbocycles. The molecular formula is C16H16F2N2O6S. The van der Waals surface area contributed by atoms with E-state index >= 15 is 0 Å². The highest BCUT2D eigenvalue weighted by Gasteiger charge is 2.16. The highest BCUT2D eigenvalue weighted by Crippen LogP contribution is 2.29. The number of rotatable bonds is 9. The van der Waals surface area contributed by atoms with Crippen molar-refractivity contribution in [3.8, 4) is 11.5 Å². The van der Waals surface area contributed by atoms with Gasteiger partial charge in [-0.15, -0.1) is 0 Å². The number of halogens is 2. The monoisotopic (exact) mass is 402 g/mol. The van der Waals surface area contributed by atoms with Crippen LogP contribution in [0, 0.1) is 10.1 Å². The molecule has 0 atom stereocenters. The molecule has 0 aromatic heterocycles. The van der Waals surface area contributed by atoms with Gasteiger partial charge in [-0.05, 0) is 36.2 Å². The van der Waals surface area contributed by atoms with Gasteiger partial charge >= 0.3 is 6.61 Å². The molecule has 0 bridgehead atoms. The number of nitrogens with zero attached hydrogens (tertiary/aromatic N) is 1. The van der Waals surface area contributed by atoms with Gasteiger partial charge in [-0.1, -0.05) is 6.07 Å². The molecule has 0 fully saturated rings. The van der Waals surface area contributed by atoms with Gasteiger partial charge in [0.05, 0.1) is 16.9 Å². The first-order valence-electron chi connectivity index (χ1n) is 7.59. The molecule has 2 rings (SSSR count). The maximum Gasteiger partial charge on any atom is 0.387 e. The Morgan fingerprint density at radius 2 is 1.81 bits per heavy atom. The van der Waals surface area contributed by atoms with E-state index in [0.717, 1.165) is 24.3 Å². The van der Waals surface area contributed by atoms with E-state index in [1.165, 1.54) is 25.3 Å². The summed E-state index contributed by atoms with van der Waals surface area (Å²) < 4.78 is 60.7. The van der Waals surface area contributed by atoms with Gasteiger partial charge in [0, 0.05) is 18.7 Å². The molecule has 0 amide bonds. The number of benzene rings is 2. The second-order valence-electron chi connectivity index (χ2n) is 5.26. The number of alkyl halides is 2. The largest absolute Gasteiger partial charge is 0.493 e. The van der Waals surface area contributed by atoms with Crippen molar-refractivity contribution < 1.29 is 31.6 Å². The standard InChI is InChI=1S/C16H16F2N2O6S/c1-25-15-10-11(2-7-14(15)26-16(17)18)8-9-19-27(23,24)13-5-3-12(4-6-13)20(21)22/h2-7,10,16,19H,8-9H2,1H3. The molecule has 0 aliphatic rings. The Labute approximate surface area is 153 Å². The van der Waals surface area contributed by atoms with Gasteiger partial charge in [0.1, 0.15) is 0 Å². The summed E-state index contributed by atoms with van der Waals surface area (Å²) in [5, 5.41) is 10.6. The van der Waals surface area contributed by atoms with Gasteiger partial charge in [0.25, 0.3) is 5.69 Å². The second kappa shape index (κ2) is 8.73. The number of nitro benzene ring substituents is 1. The smallest absolute Gasteiger partial charge is 0.387 e. The van der Waals surface area contributed by atoms with E-state index in [2.05, 4.69) is 9.46 Å². The van der Waals surface area contributed by atoms with Crippen molar-refractivity contribution in [3.05, 3.63) is 58.1 Å². The zero-order valence-corrected chi connectivity index (χ0v) is 14.9. The average molecular weight is 402 g/mol. The van der Waals surface area contributed by atoms with E-state index in [1.807, 2.05) is 0 Å². The van der Waals surface area contributed by atoms with Gasteiger partial charge in [0.15, 0.2) is 11.5 Å². The predicted octanol–water partition coefficient (Wildman–Crippen LogP) is 2.73. The Morgan fingerprint density at radius 3 is 2.37 bits per heavy atom. The lowest BCUT2D eigenvalue weighted by molar-refractivity contribution is -0.384. The summed E-state index contributed by atoms with van der Waals surface area (Å²) in [6.45, 7) is -2.96. The lowest BCUT2D eigenvalue weighted by Crippen LogP contribution is -2.26. The average Bonchev–Trinajstić information content (AvgIpc) is 2.62. The van der Waals surface area contributed by atoms with Crippen molar-refractivity contribution >= 4 is 15.7 Å². The molecule has 8 nitrogen and oxygen atoms in total. The second-order valence-corrected chi connectivity index (χ2v) is 7.03. The minimum Gasteiger partial charge on any atom is -0.493 e. The van der Waals surface area contributed by atoms with Crippen LogP contribution in [0.5, 0.6) is 11.5 Å². The quantitative estimate of drug-likeness (QED) is 0.510. The number of nitrogens with one attached hydrogen (secondary N) is 1. The Balaban J connectivity index is 2.01. The first kappa shape index (κ1) is 20.5. The molecule has 0 aliphatic heterocycles. The molecular weight excluding hydrogens is 386 g/mol. The Kier molecular flexibility index (Phi) is 6.64. The minimum atomic E-state index is -3.84. The van der Waals surface area contributed by atoms with Crippen LogP contribution in [0.3, 0.4) is 0 Å². The summed E-state index contributed by atoms with van der Waals surface area (Å²) in [4.78, 5) is 9.87. The predicted molar refractivity (Wildman–Crippen MR) is 91.6 cm³/mol. The van der Waals surface area contributed by atoms with Crippen molar-refractivity contribution in [2.24, 2.45) is 0 Å². The lowest BCUT2D eigenvalue weighted by Gasteiger charge is -2.12. The molecule has 2 aromatic carbocycles. The van der Waals surface area contributed by atoms with Crippen molar-refractivity contribution in [2.75, 3.05) is 13.7 Å². The molecule has 0 radical (unpaired) electrons. The number of methoxy groups -OCH3 is 1. The molecule has 0 saturated heterocycles. The van der Waals surface area contributed by atoms with Crippen LogP contribution in [0.2, 0.25) is 0 Å². The number of nitro groups is 1. The third-order valence-corrected chi connectivity index (χ3v) is 4.98. The van der Waals surface area contributed by atoms with E-state index in [9.17, 15) is 27.3 Å². The van der Waals surface area contributed by atoms with Gasteiger partial charge in [-0.3, -0.25) is 10.1 Å². The molecule has 1 N–H and O–H groups in total. The number of hydrogen-bond donors (Lipinski definition) is 1. The summed E-state index contributed by atoms with van der Waals surface area (Å²) in [5.74, 6) is -0.0197. The highest BCUT2D eigenvalue weighted by molar-refractivity contribution is 7.89. The fraction of sp³-hybridized carbons (Fsp3) is 0.250. The molecule has 0 aliphatic carbocycles. The van der Waals surface area contributed by atoms with Crippen molar-refractivity contribution in [1.29, 1.82) is 0 Å². The number of sulfonamides is 1. The molecule has 27 heavy (non-hydrogen) atoms. The molecule has 0 unspecified atom stereocenters. The zero-order chi connectivity index (χ0) is 20.0. The van der Waals surface area contributed by atoms with Gasteiger partial charge in [-0.2, -0.15) is 8.78 Å².